The molecule has 1 aromatic rings. The van der Waals surface area contributed by atoms with Crippen LogP contribution in [0.25, 0.3) is 0 Å². The molecule has 0 saturated carbocycles. The number of benzene rings is 1. The monoisotopic (exact) mass is 426 g/mol. The molecule has 0 aliphatic heterocycles. The molecule has 0 N–H and O–H groups in total. The van der Waals surface area contributed by atoms with Crippen LogP contribution in [0.4, 0.5) is 0 Å². The van der Waals surface area contributed by atoms with Crippen molar-refractivity contribution >= 4 is 14.3 Å². The number of hydrogen-bond donors (Lipinski definition) is 0. The number of hydrogen-bond acceptors (Lipinski definition) is 3. The molecule has 0 spiro atoms. The van der Waals surface area contributed by atoms with Crippen LogP contribution in [0.15, 0.2) is 30.3 Å². The van der Waals surface area contributed by atoms with Crippen LogP contribution in [0.5, 0.6) is 0 Å². The third-order valence-corrected chi connectivity index (χ3v) is 6.55. The van der Waals surface area contributed by atoms with Crippen LogP contribution < -0.4 is 3.07 Å². The Morgan fingerprint density at radius 2 is 1.93 bits per heavy atom. The van der Waals surface area contributed by atoms with Crippen molar-refractivity contribution in [1.82, 2.24) is 0 Å². The van der Waals surface area contributed by atoms with Gasteiger partial charge in [-0.1, -0.05) is 0 Å². The van der Waals surface area contributed by atoms with Crippen LogP contribution in [0, 0.1) is 0 Å². The Kier molecular flexibility index (Phi) is 9.23. The predicted molar refractivity (Wildman–Crippen MR) is 44.6 cm³/mol. The molecular formula is C9H9CoHgO3. The molecule has 14 heavy (non-hydrogen) atoms. The molecule has 0 aliphatic carbocycles. The first-order valence-corrected chi connectivity index (χ1v) is 9.48. The summed E-state index contributed by atoms with van der Waals surface area (Å²) in [6.45, 7) is 1.46. The average Bonchev–Trinajstić information content (AvgIpc) is 2.18. The topological polar surface area (TPSA) is 43.4 Å². The first-order valence-electron chi connectivity index (χ1n) is 3.89. The molecule has 1 rings (SSSR count). The molecule has 0 heterocycles. The van der Waals surface area contributed by atoms with Gasteiger partial charge in [0.05, 0.1) is 0 Å². The summed E-state index contributed by atoms with van der Waals surface area (Å²) in [7, 11) is 0. The van der Waals surface area contributed by atoms with E-state index in [0.717, 1.165) is 0 Å². The van der Waals surface area contributed by atoms with E-state index in [0.29, 0.717) is 5.22 Å². The van der Waals surface area contributed by atoms with Crippen LogP contribution in [0.2, 0.25) is 0 Å². The molecule has 0 bridgehead atoms. The molecular weight excluding hydrogens is 416 g/mol. The normalized spacial score (nSPS) is 7.64. The van der Waals surface area contributed by atoms with Gasteiger partial charge in [-0.15, -0.1) is 0 Å². The van der Waals surface area contributed by atoms with Gasteiger partial charge in [0.25, 0.3) is 0 Å². The zero-order chi connectivity index (χ0) is 10.8. The molecule has 0 radical (unpaired) electrons. The first kappa shape index (κ1) is 13.8. The zero-order valence-electron chi connectivity index (χ0n) is 7.73. The van der Waals surface area contributed by atoms with Crippen molar-refractivity contribution in [3.63, 3.8) is 0 Å². The Bertz CT molecular complexity index is 277. The third-order valence-electron chi connectivity index (χ3n) is 1.28. The van der Waals surface area contributed by atoms with Crippen molar-refractivity contribution in [2.24, 2.45) is 0 Å². The second kappa shape index (κ2) is 9.36. The summed E-state index contributed by atoms with van der Waals surface area (Å²) >= 11 is 1.63. The molecule has 5 heteroatoms. The van der Waals surface area contributed by atoms with E-state index >= 15 is 0 Å². The molecule has 0 fully saturated rings. The van der Waals surface area contributed by atoms with E-state index in [4.69, 9.17) is 7.44 Å². The Labute approximate surface area is 104 Å². The maximum atomic E-state index is 10.5. The van der Waals surface area contributed by atoms with Crippen LogP contribution in [-0.2, 0) is 53.0 Å². The second-order valence-electron chi connectivity index (χ2n) is 2.34. The number of carbonyl (C=O) groups is 2. The van der Waals surface area contributed by atoms with Crippen molar-refractivity contribution in [2.75, 3.05) is 0 Å². The Hall–Kier alpha value is -0.198. The fourth-order valence-electron chi connectivity index (χ4n) is 0.759. The van der Waals surface area contributed by atoms with Gasteiger partial charge in [0.1, 0.15) is 0 Å². The van der Waals surface area contributed by atoms with Crippen molar-refractivity contribution in [3.8, 4) is 0 Å². The van der Waals surface area contributed by atoms with Crippen molar-refractivity contribution in [3.05, 3.63) is 30.3 Å². The van der Waals surface area contributed by atoms with Gasteiger partial charge in [0.15, 0.2) is 0 Å². The molecule has 3 nitrogen and oxygen atoms in total. The van der Waals surface area contributed by atoms with Crippen LogP contribution >= 0.6 is 0 Å². The van der Waals surface area contributed by atoms with Gasteiger partial charge in [-0.05, 0) is 0 Å². The summed E-state index contributed by atoms with van der Waals surface area (Å²) in [5.74, 6) is -0.143. The third kappa shape index (κ3) is 8.40. The van der Waals surface area contributed by atoms with Gasteiger partial charge in [-0.2, -0.15) is 0 Å². The Balaban J connectivity index is 0.000000500. The second-order valence-corrected chi connectivity index (χ2v) is 8.01. The quantitative estimate of drug-likeness (QED) is 0.516. The van der Waals surface area contributed by atoms with Gasteiger partial charge in [-0.25, -0.2) is 0 Å². The van der Waals surface area contributed by atoms with Crippen LogP contribution in [-0.4, -0.2) is 11.2 Å². The van der Waals surface area contributed by atoms with Gasteiger partial charge in [-0.3, -0.25) is 0 Å². The Morgan fingerprint density at radius 1 is 1.43 bits per heavy atom. The zero-order valence-corrected chi connectivity index (χ0v) is 14.3. The summed E-state index contributed by atoms with van der Waals surface area (Å²) in [5, 5.41) is 0.438. The average molecular weight is 425 g/mol. The summed E-state index contributed by atoms with van der Waals surface area (Å²) in [4.78, 5) is 19.1. The fourth-order valence-corrected chi connectivity index (χ4v) is 4.00. The molecule has 1 aromatic carbocycles. The summed E-state index contributed by atoms with van der Waals surface area (Å²) < 4.78 is 6.25. The molecule has 0 saturated heterocycles. The van der Waals surface area contributed by atoms with Crippen LogP contribution in [0.1, 0.15) is 6.92 Å². The molecule has 0 atom stereocenters. The fraction of sp³-hybridized carbons (Fsp3) is 0.111. The molecule has 74 valence electrons. The van der Waals surface area contributed by atoms with E-state index < -0.39 is 25.0 Å². The first-order chi connectivity index (χ1) is 6.70. The van der Waals surface area contributed by atoms with Crippen LogP contribution in [0.3, 0.4) is 0 Å². The SMILES string of the molecule is CC(=O)[O][Hg][c]1ccccc1.O=[CH][Co]. The molecule has 0 aliphatic rings. The maximum absolute atomic E-state index is 10.5. The van der Waals surface area contributed by atoms with Gasteiger partial charge >= 0.3 is 105 Å². The minimum atomic E-state index is -1.52. The molecule has 0 aromatic heterocycles. The predicted octanol–water partition coefficient (Wildman–Crippen LogP) is 0.596. The molecule has 0 unspecified atom stereocenters. The summed E-state index contributed by atoms with van der Waals surface area (Å²) in [5.41, 5.74) is 0. The summed E-state index contributed by atoms with van der Waals surface area (Å²) in [6, 6.07) is 9.94. The van der Waals surface area contributed by atoms with Gasteiger partial charge < -0.3 is 0 Å². The minimum absolute atomic E-state index is 0.143. The molecule has 0 amide bonds. The van der Waals surface area contributed by atoms with E-state index in [1.165, 1.54) is 10.00 Å². The van der Waals surface area contributed by atoms with Gasteiger partial charge in [0, 0.05) is 0 Å². The van der Waals surface area contributed by atoms with E-state index in [9.17, 15) is 4.79 Å². The van der Waals surface area contributed by atoms with Crippen molar-refractivity contribution in [1.29, 1.82) is 0 Å². The van der Waals surface area contributed by atoms with Crippen molar-refractivity contribution in [2.45, 2.75) is 6.92 Å². The number of carbonyl (C=O) groups excluding carboxylic acids is 2. The van der Waals surface area contributed by atoms with Crippen molar-refractivity contribution < 1.29 is 53.0 Å². The van der Waals surface area contributed by atoms with E-state index in [1.807, 2.05) is 30.3 Å². The Morgan fingerprint density at radius 3 is 2.36 bits per heavy atom. The van der Waals surface area contributed by atoms with E-state index in [-0.39, 0.29) is 5.97 Å². The number of rotatable bonds is 2. The van der Waals surface area contributed by atoms with Gasteiger partial charge in [0.2, 0.25) is 0 Å². The van der Waals surface area contributed by atoms with E-state index in [2.05, 4.69) is 15.7 Å². The summed E-state index contributed by atoms with van der Waals surface area (Å²) in [6.07, 6.45) is 0. The standard InChI is InChI=1S/C6H5.C2H4O2.CHO.Co.Hg/c1-2-4-6-5-3-1;1-2(3)4;1-2;;/h1-5H;1H3,(H,3,4);1H;;/q;;;;+1/p-1. The van der Waals surface area contributed by atoms with E-state index in [1.54, 1.807) is 0 Å².